The third-order valence-electron chi connectivity index (χ3n) is 4.27. The van der Waals surface area contributed by atoms with E-state index in [0.717, 1.165) is 19.4 Å². The van der Waals surface area contributed by atoms with E-state index in [0.29, 0.717) is 16.6 Å². The molecule has 0 aliphatic carbocycles. The second-order valence-corrected chi connectivity index (χ2v) is 7.34. The number of anilines is 1. The van der Waals surface area contributed by atoms with Crippen LogP contribution in [0.2, 0.25) is 0 Å². The molecule has 3 N–H and O–H groups in total. The summed E-state index contributed by atoms with van der Waals surface area (Å²) in [5.74, 6) is -0.622. The van der Waals surface area contributed by atoms with E-state index in [1.807, 2.05) is 6.92 Å². The van der Waals surface area contributed by atoms with Crippen LogP contribution in [0, 0.1) is 0 Å². The van der Waals surface area contributed by atoms with Crippen LogP contribution in [0.3, 0.4) is 0 Å². The lowest BCUT2D eigenvalue weighted by molar-refractivity contribution is -0.121. The number of hydrogen-bond donors (Lipinski definition) is 2. The Labute approximate surface area is 143 Å². The van der Waals surface area contributed by atoms with Crippen LogP contribution in [0.5, 0.6) is 0 Å². The standard InChI is InChI=1S/C16H19N3O2S2/c1-10(15(21)18-16-12(14(17)20)5-8-23-16)19-6-2-3-13(19)11-4-7-22-9-11/h4-5,7-10,13H,2-3,6H2,1H3,(H2,17,20)(H,18,21)/t10-,13-/m0/s1. The van der Waals surface area contributed by atoms with E-state index in [4.69, 9.17) is 5.73 Å². The van der Waals surface area contributed by atoms with Crippen molar-refractivity contribution in [3.63, 3.8) is 0 Å². The average molecular weight is 349 g/mol. The first-order valence-electron chi connectivity index (χ1n) is 7.54. The number of carbonyl (C=O) groups is 2. The molecule has 0 aromatic carbocycles. The van der Waals surface area contributed by atoms with Crippen LogP contribution in [-0.4, -0.2) is 29.3 Å². The minimum Gasteiger partial charge on any atom is -0.366 e. The Morgan fingerprint density at radius 2 is 2.22 bits per heavy atom. The Kier molecular flexibility index (Phi) is 4.79. The number of nitrogens with one attached hydrogen (secondary N) is 1. The molecule has 1 aliphatic heterocycles. The lowest BCUT2D eigenvalue weighted by Gasteiger charge is -2.29. The second-order valence-electron chi connectivity index (χ2n) is 5.65. The first-order valence-corrected chi connectivity index (χ1v) is 9.36. The monoisotopic (exact) mass is 349 g/mol. The van der Waals surface area contributed by atoms with Crippen LogP contribution < -0.4 is 11.1 Å². The maximum Gasteiger partial charge on any atom is 0.251 e. The van der Waals surface area contributed by atoms with Gasteiger partial charge in [0.25, 0.3) is 5.91 Å². The van der Waals surface area contributed by atoms with Crippen molar-refractivity contribution in [3.05, 3.63) is 39.4 Å². The molecule has 3 heterocycles. The molecule has 0 radical (unpaired) electrons. The number of amides is 2. The summed E-state index contributed by atoms with van der Waals surface area (Å²) in [6.45, 7) is 2.82. The van der Waals surface area contributed by atoms with Gasteiger partial charge in [-0.3, -0.25) is 14.5 Å². The summed E-state index contributed by atoms with van der Waals surface area (Å²) in [6.07, 6.45) is 2.16. The van der Waals surface area contributed by atoms with E-state index >= 15 is 0 Å². The van der Waals surface area contributed by atoms with Gasteiger partial charge in [0.1, 0.15) is 5.00 Å². The Hall–Kier alpha value is -1.70. The Balaban J connectivity index is 1.72. The molecule has 0 bridgehead atoms. The smallest absolute Gasteiger partial charge is 0.251 e. The van der Waals surface area contributed by atoms with E-state index in [1.54, 1.807) is 22.8 Å². The van der Waals surface area contributed by atoms with Crippen molar-refractivity contribution in [2.45, 2.75) is 31.8 Å². The summed E-state index contributed by atoms with van der Waals surface area (Å²) in [4.78, 5) is 26.2. The van der Waals surface area contributed by atoms with Crippen molar-refractivity contribution < 1.29 is 9.59 Å². The van der Waals surface area contributed by atoms with Crippen LogP contribution in [0.15, 0.2) is 28.3 Å². The van der Waals surface area contributed by atoms with Crippen LogP contribution in [0.4, 0.5) is 5.00 Å². The summed E-state index contributed by atoms with van der Waals surface area (Å²) in [7, 11) is 0. The van der Waals surface area contributed by atoms with E-state index < -0.39 is 5.91 Å². The average Bonchev–Trinajstić information content (AvgIpc) is 3.26. The molecule has 122 valence electrons. The van der Waals surface area contributed by atoms with Crippen LogP contribution in [0.25, 0.3) is 0 Å². The highest BCUT2D eigenvalue weighted by molar-refractivity contribution is 7.14. The van der Waals surface area contributed by atoms with Gasteiger partial charge in [0.15, 0.2) is 0 Å². The van der Waals surface area contributed by atoms with Gasteiger partial charge in [-0.2, -0.15) is 11.3 Å². The molecule has 2 aromatic heterocycles. The summed E-state index contributed by atoms with van der Waals surface area (Å²) in [6, 6.07) is 3.80. The summed E-state index contributed by atoms with van der Waals surface area (Å²) >= 11 is 3.00. The zero-order valence-electron chi connectivity index (χ0n) is 12.8. The number of nitrogens with two attached hydrogens (primary N) is 1. The van der Waals surface area contributed by atoms with Gasteiger partial charge in [-0.05, 0) is 60.1 Å². The zero-order valence-corrected chi connectivity index (χ0v) is 14.5. The quantitative estimate of drug-likeness (QED) is 0.871. The number of hydrogen-bond acceptors (Lipinski definition) is 5. The van der Waals surface area contributed by atoms with Gasteiger partial charge < -0.3 is 11.1 Å². The predicted molar refractivity (Wildman–Crippen MR) is 93.9 cm³/mol. The van der Waals surface area contributed by atoms with Crippen molar-refractivity contribution in [3.8, 4) is 0 Å². The maximum absolute atomic E-state index is 12.6. The Morgan fingerprint density at radius 1 is 1.39 bits per heavy atom. The van der Waals surface area contributed by atoms with Gasteiger partial charge in [-0.15, -0.1) is 11.3 Å². The third-order valence-corrected chi connectivity index (χ3v) is 5.80. The lowest BCUT2D eigenvalue weighted by atomic mass is 10.1. The number of rotatable bonds is 5. The highest BCUT2D eigenvalue weighted by Crippen LogP contribution is 2.35. The minimum absolute atomic E-state index is 0.0999. The lowest BCUT2D eigenvalue weighted by Crippen LogP contribution is -2.41. The van der Waals surface area contributed by atoms with E-state index in [-0.39, 0.29) is 11.9 Å². The predicted octanol–water partition coefficient (Wildman–Crippen LogP) is 3.07. The van der Waals surface area contributed by atoms with Crippen molar-refractivity contribution in [1.82, 2.24) is 4.90 Å². The molecule has 2 atom stereocenters. The normalized spacial score (nSPS) is 19.6. The van der Waals surface area contributed by atoms with Crippen molar-refractivity contribution in [2.75, 3.05) is 11.9 Å². The van der Waals surface area contributed by atoms with Crippen LogP contribution in [-0.2, 0) is 4.79 Å². The fourth-order valence-corrected chi connectivity index (χ4v) is 4.54. The van der Waals surface area contributed by atoms with Gasteiger partial charge in [0.2, 0.25) is 5.91 Å². The molecule has 2 aromatic rings. The zero-order chi connectivity index (χ0) is 16.4. The first-order chi connectivity index (χ1) is 11.1. The van der Waals surface area contributed by atoms with E-state index in [2.05, 4.69) is 27.0 Å². The molecule has 0 saturated carbocycles. The van der Waals surface area contributed by atoms with Crippen molar-refractivity contribution >= 4 is 39.5 Å². The Morgan fingerprint density at radius 3 is 2.91 bits per heavy atom. The second kappa shape index (κ2) is 6.82. The maximum atomic E-state index is 12.6. The summed E-state index contributed by atoms with van der Waals surface area (Å²) in [5, 5.41) is 9.36. The fraction of sp³-hybridized carbons (Fsp3) is 0.375. The van der Waals surface area contributed by atoms with Crippen molar-refractivity contribution in [2.24, 2.45) is 5.73 Å². The Bertz CT molecular complexity index is 696. The van der Waals surface area contributed by atoms with Gasteiger partial charge in [0, 0.05) is 6.04 Å². The number of carbonyl (C=O) groups excluding carboxylic acids is 2. The van der Waals surface area contributed by atoms with Gasteiger partial charge in [-0.1, -0.05) is 0 Å². The van der Waals surface area contributed by atoms with E-state index in [1.165, 1.54) is 16.9 Å². The fourth-order valence-electron chi connectivity index (χ4n) is 3.04. The number of thiophene rings is 2. The molecule has 0 spiro atoms. The molecule has 5 nitrogen and oxygen atoms in total. The van der Waals surface area contributed by atoms with Crippen molar-refractivity contribution in [1.29, 1.82) is 0 Å². The summed E-state index contributed by atoms with van der Waals surface area (Å²) in [5.41, 5.74) is 6.97. The topological polar surface area (TPSA) is 75.4 Å². The molecule has 0 unspecified atom stereocenters. The summed E-state index contributed by atoms with van der Waals surface area (Å²) < 4.78 is 0. The molecular weight excluding hydrogens is 330 g/mol. The molecular formula is C16H19N3O2S2. The third kappa shape index (κ3) is 3.31. The number of nitrogens with zero attached hydrogens (tertiary/aromatic N) is 1. The molecule has 1 aliphatic rings. The van der Waals surface area contributed by atoms with Gasteiger partial charge in [-0.25, -0.2) is 0 Å². The first kappa shape index (κ1) is 16.2. The van der Waals surface area contributed by atoms with Gasteiger partial charge in [0.05, 0.1) is 11.6 Å². The molecule has 2 amide bonds. The number of primary amides is 1. The SMILES string of the molecule is C[C@@H](C(=O)Nc1sccc1C(N)=O)N1CCC[C@H]1c1ccsc1. The molecule has 1 fully saturated rings. The minimum atomic E-state index is -0.522. The van der Waals surface area contributed by atoms with Crippen LogP contribution in [0.1, 0.15) is 41.7 Å². The number of likely N-dealkylation sites (tertiary alicyclic amines) is 1. The van der Waals surface area contributed by atoms with E-state index in [9.17, 15) is 9.59 Å². The largest absolute Gasteiger partial charge is 0.366 e. The molecule has 7 heteroatoms. The molecule has 1 saturated heterocycles. The molecule has 3 rings (SSSR count). The highest BCUT2D eigenvalue weighted by Gasteiger charge is 2.33. The van der Waals surface area contributed by atoms with Gasteiger partial charge >= 0.3 is 0 Å². The molecule has 23 heavy (non-hydrogen) atoms. The highest BCUT2D eigenvalue weighted by atomic mass is 32.1. The van der Waals surface area contributed by atoms with Crippen LogP contribution >= 0.6 is 22.7 Å².